The number of hydrogen-bond acceptors (Lipinski definition) is 4. The molecule has 1 heterocycles. The van der Waals surface area contributed by atoms with Gasteiger partial charge in [0.05, 0.1) is 30.1 Å². The molecule has 12 heteroatoms. The number of nitrogens with one attached hydrogen (secondary N) is 2. The molecule has 2 atom stereocenters. The lowest BCUT2D eigenvalue weighted by atomic mass is 9.81. The van der Waals surface area contributed by atoms with Crippen LogP contribution in [0, 0.1) is 17.6 Å². The zero-order chi connectivity index (χ0) is 27.6. The molecular formula is C26H25F6N3O3. The first-order valence-corrected chi connectivity index (χ1v) is 12.0. The standard InChI is InChI=1S/C26H25F6N3O3/c1-38-25(37)16(12-19(28)29)14-6-7-18-22(20(14)30)34-23(33-18)21(13-8-10-26(31,32)11-9-13)35-24(36)15-4-2-3-5-17(15)27/h2-7,13,16,19,21H,8-12H2,1H3,(H,33,34)(H,35,36). The van der Waals surface area contributed by atoms with Crippen molar-refractivity contribution in [2.24, 2.45) is 5.92 Å². The van der Waals surface area contributed by atoms with Crippen molar-refractivity contribution >= 4 is 22.9 Å². The molecule has 204 valence electrons. The Hall–Kier alpha value is -3.57. The maximum absolute atomic E-state index is 15.5. The first-order valence-electron chi connectivity index (χ1n) is 12.0. The number of carbonyl (C=O) groups excluding carboxylic acids is 2. The van der Waals surface area contributed by atoms with E-state index in [1.807, 2.05) is 0 Å². The number of imidazole rings is 1. The summed E-state index contributed by atoms with van der Waals surface area (Å²) in [6.07, 6.45) is -4.72. The van der Waals surface area contributed by atoms with Crippen molar-refractivity contribution in [2.45, 2.75) is 56.4 Å². The summed E-state index contributed by atoms with van der Waals surface area (Å²) in [5.74, 6) is -8.62. The molecule has 1 aliphatic carbocycles. The fraction of sp³-hybridized carbons (Fsp3) is 0.423. The van der Waals surface area contributed by atoms with E-state index in [1.54, 1.807) is 0 Å². The van der Waals surface area contributed by atoms with Crippen LogP contribution >= 0.6 is 0 Å². The van der Waals surface area contributed by atoms with Gasteiger partial charge in [-0.1, -0.05) is 18.2 Å². The second kappa shape index (κ2) is 11.0. The van der Waals surface area contributed by atoms with Gasteiger partial charge in [-0.2, -0.15) is 0 Å². The van der Waals surface area contributed by atoms with Crippen molar-refractivity contribution in [1.82, 2.24) is 15.3 Å². The van der Waals surface area contributed by atoms with Gasteiger partial charge in [-0.25, -0.2) is 31.3 Å². The molecule has 0 saturated heterocycles. The van der Waals surface area contributed by atoms with Crippen LogP contribution in [0.5, 0.6) is 0 Å². The molecule has 1 saturated carbocycles. The van der Waals surface area contributed by atoms with Crippen LogP contribution in [0.3, 0.4) is 0 Å². The van der Waals surface area contributed by atoms with E-state index in [0.29, 0.717) is 0 Å². The Labute approximate surface area is 213 Å². The Balaban J connectivity index is 1.73. The highest BCUT2D eigenvalue weighted by atomic mass is 19.3. The van der Waals surface area contributed by atoms with Crippen molar-refractivity contribution in [2.75, 3.05) is 7.11 Å². The minimum atomic E-state index is -2.91. The lowest BCUT2D eigenvalue weighted by Crippen LogP contribution is -2.38. The monoisotopic (exact) mass is 541 g/mol. The number of esters is 1. The van der Waals surface area contributed by atoms with Crippen molar-refractivity contribution in [3.8, 4) is 0 Å². The van der Waals surface area contributed by atoms with Gasteiger partial charge in [0.15, 0.2) is 5.82 Å². The predicted octanol–water partition coefficient (Wildman–Crippen LogP) is 6.05. The van der Waals surface area contributed by atoms with Crippen LogP contribution in [0.15, 0.2) is 36.4 Å². The summed E-state index contributed by atoms with van der Waals surface area (Å²) in [4.78, 5) is 32.1. The Morgan fingerprint density at radius 1 is 1.13 bits per heavy atom. The SMILES string of the molecule is COC(=O)C(CC(F)F)c1ccc2[nH]c(C(NC(=O)c3ccccc3F)C3CCC(F)(F)CC3)nc2c1F. The van der Waals surface area contributed by atoms with Gasteiger partial charge >= 0.3 is 5.97 Å². The second-order valence-corrected chi connectivity index (χ2v) is 9.31. The molecule has 1 aromatic heterocycles. The van der Waals surface area contributed by atoms with Crippen LogP contribution in [-0.2, 0) is 9.53 Å². The number of carbonyl (C=O) groups is 2. The summed E-state index contributed by atoms with van der Waals surface area (Å²) in [6.45, 7) is 0. The number of nitrogens with zero attached hydrogens (tertiary/aromatic N) is 1. The highest BCUT2D eigenvalue weighted by molar-refractivity contribution is 5.94. The predicted molar refractivity (Wildman–Crippen MR) is 125 cm³/mol. The van der Waals surface area contributed by atoms with E-state index < -0.39 is 73.0 Å². The number of aromatic amines is 1. The topological polar surface area (TPSA) is 84.1 Å². The zero-order valence-electron chi connectivity index (χ0n) is 20.2. The van der Waals surface area contributed by atoms with Crippen LogP contribution in [0.4, 0.5) is 26.3 Å². The molecule has 4 rings (SSSR count). The number of H-pyrrole nitrogens is 1. The van der Waals surface area contributed by atoms with E-state index in [9.17, 15) is 31.5 Å². The number of amides is 1. The van der Waals surface area contributed by atoms with Gasteiger partial charge in [0.2, 0.25) is 12.3 Å². The number of rotatable bonds is 8. The molecule has 6 nitrogen and oxygen atoms in total. The molecule has 38 heavy (non-hydrogen) atoms. The number of hydrogen-bond donors (Lipinski definition) is 2. The summed E-state index contributed by atoms with van der Waals surface area (Å²) >= 11 is 0. The van der Waals surface area contributed by atoms with Gasteiger partial charge in [-0.3, -0.25) is 9.59 Å². The maximum Gasteiger partial charge on any atom is 0.313 e. The van der Waals surface area contributed by atoms with Crippen LogP contribution < -0.4 is 5.32 Å². The van der Waals surface area contributed by atoms with Gasteiger partial charge in [-0.05, 0) is 37.0 Å². The molecule has 1 fully saturated rings. The number of ether oxygens (including phenoxy) is 1. The quantitative estimate of drug-likeness (QED) is 0.269. The summed E-state index contributed by atoms with van der Waals surface area (Å²) in [5.41, 5.74) is -0.761. The van der Waals surface area contributed by atoms with Gasteiger partial charge in [0, 0.05) is 24.8 Å². The Morgan fingerprint density at radius 2 is 1.82 bits per heavy atom. The minimum absolute atomic E-state index is 0.0127. The molecule has 1 amide bonds. The zero-order valence-corrected chi connectivity index (χ0v) is 20.2. The van der Waals surface area contributed by atoms with Gasteiger partial charge in [0.1, 0.15) is 17.2 Å². The minimum Gasteiger partial charge on any atom is -0.469 e. The van der Waals surface area contributed by atoms with Gasteiger partial charge in [0.25, 0.3) is 5.91 Å². The highest BCUT2D eigenvalue weighted by Gasteiger charge is 2.40. The Kier molecular flexibility index (Phi) is 7.98. The van der Waals surface area contributed by atoms with Crippen molar-refractivity contribution < 1.29 is 40.7 Å². The average Bonchev–Trinajstić information content (AvgIpc) is 3.31. The largest absolute Gasteiger partial charge is 0.469 e. The molecule has 2 aromatic carbocycles. The van der Waals surface area contributed by atoms with E-state index >= 15 is 4.39 Å². The van der Waals surface area contributed by atoms with Crippen LogP contribution in [0.25, 0.3) is 11.0 Å². The summed E-state index contributed by atoms with van der Waals surface area (Å²) in [7, 11) is 1.00. The second-order valence-electron chi connectivity index (χ2n) is 9.31. The Bertz CT molecular complexity index is 1320. The Morgan fingerprint density at radius 3 is 2.45 bits per heavy atom. The van der Waals surface area contributed by atoms with Gasteiger partial charge in [-0.15, -0.1) is 0 Å². The van der Waals surface area contributed by atoms with Crippen molar-refractivity contribution in [1.29, 1.82) is 0 Å². The number of alkyl halides is 4. The molecule has 3 aromatic rings. The highest BCUT2D eigenvalue weighted by Crippen LogP contribution is 2.41. The van der Waals surface area contributed by atoms with E-state index in [4.69, 9.17) is 0 Å². The first-order chi connectivity index (χ1) is 18.0. The molecule has 2 N–H and O–H groups in total. The molecule has 0 bridgehead atoms. The lowest BCUT2D eigenvalue weighted by molar-refractivity contribution is -0.143. The van der Waals surface area contributed by atoms with Crippen LogP contribution in [0.2, 0.25) is 0 Å². The third kappa shape index (κ3) is 5.78. The van der Waals surface area contributed by atoms with Crippen LogP contribution in [0.1, 0.15) is 65.8 Å². The molecule has 0 radical (unpaired) electrons. The molecule has 1 aliphatic rings. The summed E-state index contributed by atoms with van der Waals surface area (Å²) in [6, 6.07) is 6.72. The van der Waals surface area contributed by atoms with E-state index in [0.717, 1.165) is 19.2 Å². The van der Waals surface area contributed by atoms with Gasteiger partial charge < -0.3 is 15.0 Å². The van der Waals surface area contributed by atoms with E-state index in [-0.39, 0.29) is 40.8 Å². The third-order valence-electron chi connectivity index (χ3n) is 6.85. The fourth-order valence-corrected chi connectivity index (χ4v) is 4.83. The third-order valence-corrected chi connectivity index (χ3v) is 6.85. The summed E-state index contributed by atoms with van der Waals surface area (Å²) < 4.78 is 88.2. The smallest absolute Gasteiger partial charge is 0.313 e. The number of aromatic nitrogens is 2. The normalized spacial score (nSPS) is 17.4. The molecule has 2 unspecified atom stereocenters. The molecular weight excluding hydrogens is 516 g/mol. The maximum atomic E-state index is 15.5. The first kappa shape index (κ1) is 27.5. The lowest BCUT2D eigenvalue weighted by Gasteiger charge is -2.33. The van der Waals surface area contributed by atoms with E-state index in [2.05, 4.69) is 20.0 Å². The number of fused-ring (bicyclic) bond motifs is 1. The average molecular weight is 541 g/mol. The molecule has 0 aliphatic heterocycles. The van der Waals surface area contributed by atoms with Crippen LogP contribution in [-0.4, -0.2) is 41.3 Å². The van der Waals surface area contributed by atoms with Crippen molar-refractivity contribution in [3.63, 3.8) is 0 Å². The van der Waals surface area contributed by atoms with E-state index in [1.165, 1.54) is 24.3 Å². The molecule has 0 spiro atoms. The number of methoxy groups -OCH3 is 1. The number of benzene rings is 2. The summed E-state index contributed by atoms with van der Waals surface area (Å²) in [5, 5.41) is 2.65. The number of halogens is 6. The fourth-order valence-electron chi connectivity index (χ4n) is 4.83. The van der Waals surface area contributed by atoms with Crippen molar-refractivity contribution in [3.05, 3.63) is 65.0 Å².